The highest BCUT2D eigenvalue weighted by molar-refractivity contribution is 5.81. The molecule has 2 rings (SSSR count). The quantitative estimate of drug-likeness (QED) is 0.844. The van der Waals surface area contributed by atoms with Crippen molar-refractivity contribution < 1.29 is 22.7 Å². The summed E-state index contributed by atoms with van der Waals surface area (Å²) in [6.45, 7) is 0.859. The van der Waals surface area contributed by atoms with E-state index in [4.69, 9.17) is 5.11 Å². The minimum Gasteiger partial charge on any atom is -0.382 e. The Balaban J connectivity index is 2.41. The second kappa shape index (κ2) is 4.24. The normalized spacial score (nSPS) is 14.1. The first-order valence-corrected chi connectivity index (χ1v) is 5.16. The number of aliphatic hydroxyl groups excluding tert-OH is 1. The molecule has 0 aliphatic carbocycles. The average molecular weight is 262 g/mol. The number of nitrogens with zero attached hydrogens (tertiary/aromatic N) is 2. The van der Waals surface area contributed by atoms with Gasteiger partial charge in [0.1, 0.15) is 5.82 Å². The Bertz CT molecular complexity index is 576. The SMILES string of the molecule is Cc1nn(CC(O)C(F)(F)F)c2ccc(F)cc12. The van der Waals surface area contributed by atoms with Gasteiger partial charge in [-0.3, -0.25) is 4.68 Å². The summed E-state index contributed by atoms with van der Waals surface area (Å²) >= 11 is 0. The smallest absolute Gasteiger partial charge is 0.382 e. The maximum Gasteiger partial charge on any atom is 0.416 e. The molecule has 0 saturated heterocycles. The van der Waals surface area contributed by atoms with Gasteiger partial charge in [0.25, 0.3) is 0 Å². The first kappa shape index (κ1) is 12.8. The second-order valence-corrected chi connectivity index (χ2v) is 3.99. The molecule has 0 spiro atoms. The van der Waals surface area contributed by atoms with Crippen LogP contribution in [0.25, 0.3) is 10.9 Å². The van der Waals surface area contributed by atoms with Crippen molar-refractivity contribution in [1.82, 2.24) is 9.78 Å². The lowest BCUT2D eigenvalue weighted by Gasteiger charge is -2.14. The molecular weight excluding hydrogens is 252 g/mol. The third kappa shape index (κ3) is 2.31. The van der Waals surface area contributed by atoms with Crippen LogP contribution in [-0.4, -0.2) is 27.2 Å². The summed E-state index contributed by atoms with van der Waals surface area (Å²) < 4.78 is 50.8. The van der Waals surface area contributed by atoms with Crippen LogP contribution >= 0.6 is 0 Å². The average Bonchev–Trinajstić information content (AvgIpc) is 2.54. The van der Waals surface area contributed by atoms with E-state index in [1.165, 1.54) is 12.1 Å². The van der Waals surface area contributed by atoms with Crippen molar-refractivity contribution in [2.75, 3.05) is 0 Å². The number of halogens is 4. The molecule has 0 aliphatic heterocycles. The van der Waals surface area contributed by atoms with E-state index in [1.54, 1.807) is 6.92 Å². The number of alkyl halides is 3. The molecule has 1 aromatic carbocycles. The number of benzene rings is 1. The van der Waals surface area contributed by atoms with E-state index in [0.717, 1.165) is 10.7 Å². The summed E-state index contributed by atoms with van der Waals surface area (Å²) in [5.41, 5.74) is 0.774. The van der Waals surface area contributed by atoms with Crippen LogP contribution in [-0.2, 0) is 6.54 Å². The Morgan fingerprint density at radius 2 is 2.06 bits per heavy atom. The maximum atomic E-state index is 13.0. The van der Waals surface area contributed by atoms with E-state index in [-0.39, 0.29) is 0 Å². The highest BCUT2D eigenvalue weighted by Gasteiger charge is 2.38. The summed E-state index contributed by atoms with van der Waals surface area (Å²) in [4.78, 5) is 0. The monoisotopic (exact) mass is 262 g/mol. The largest absolute Gasteiger partial charge is 0.416 e. The van der Waals surface area contributed by atoms with Gasteiger partial charge in [-0.05, 0) is 25.1 Å². The fourth-order valence-corrected chi connectivity index (χ4v) is 1.72. The minimum atomic E-state index is -4.70. The number of aryl methyl sites for hydroxylation is 1. The molecule has 0 aliphatic rings. The van der Waals surface area contributed by atoms with Crippen molar-refractivity contribution in [2.24, 2.45) is 0 Å². The van der Waals surface area contributed by atoms with Crippen molar-refractivity contribution in [3.63, 3.8) is 0 Å². The van der Waals surface area contributed by atoms with E-state index in [0.29, 0.717) is 16.6 Å². The van der Waals surface area contributed by atoms with Gasteiger partial charge in [-0.15, -0.1) is 0 Å². The molecule has 0 fully saturated rings. The Morgan fingerprint density at radius 3 is 2.67 bits per heavy atom. The van der Waals surface area contributed by atoms with Crippen LogP contribution in [0.15, 0.2) is 18.2 Å². The molecule has 1 heterocycles. The van der Waals surface area contributed by atoms with Gasteiger partial charge < -0.3 is 5.11 Å². The molecule has 7 heteroatoms. The summed E-state index contributed by atoms with van der Waals surface area (Å²) in [6, 6.07) is 3.68. The first-order chi connectivity index (χ1) is 8.29. The topological polar surface area (TPSA) is 38.0 Å². The predicted molar refractivity (Wildman–Crippen MR) is 56.5 cm³/mol. The van der Waals surface area contributed by atoms with Gasteiger partial charge >= 0.3 is 6.18 Å². The van der Waals surface area contributed by atoms with Gasteiger partial charge in [0.2, 0.25) is 0 Å². The van der Waals surface area contributed by atoms with Crippen LogP contribution in [0.2, 0.25) is 0 Å². The molecule has 0 radical (unpaired) electrons. The van der Waals surface area contributed by atoms with Crippen molar-refractivity contribution >= 4 is 10.9 Å². The molecule has 1 N–H and O–H groups in total. The number of hydrogen-bond donors (Lipinski definition) is 1. The van der Waals surface area contributed by atoms with Crippen molar-refractivity contribution in [3.05, 3.63) is 29.7 Å². The highest BCUT2D eigenvalue weighted by atomic mass is 19.4. The van der Waals surface area contributed by atoms with E-state index < -0.39 is 24.6 Å². The molecule has 1 unspecified atom stereocenters. The lowest BCUT2D eigenvalue weighted by atomic mass is 10.2. The highest BCUT2D eigenvalue weighted by Crippen LogP contribution is 2.24. The fourth-order valence-electron chi connectivity index (χ4n) is 1.72. The summed E-state index contributed by atoms with van der Waals surface area (Å²) in [5, 5.41) is 13.3. The molecule has 18 heavy (non-hydrogen) atoms. The summed E-state index contributed by atoms with van der Waals surface area (Å²) in [7, 11) is 0. The van der Waals surface area contributed by atoms with Crippen LogP contribution in [0, 0.1) is 12.7 Å². The zero-order valence-corrected chi connectivity index (χ0v) is 9.37. The van der Waals surface area contributed by atoms with E-state index in [2.05, 4.69) is 5.10 Å². The van der Waals surface area contributed by atoms with E-state index in [9.17, 15) is 17.6 Å². The van der Waals surface area contributed by atoms with Gasteiger partial charge in [-0.2, -0.15) is 18.3 Å². The number of fused-ring (bicyclic) bond motifs is 1. The molecule has 3 nitrogen and oxygen atoms in total. The van der Waals surface area contributed by atoms with Gasteiger partial charge in [0.05, 0.1) is 17.8 Å². The van der Waals surface area contributed by atoms with Gasteiger partial charge in [-0.25, -0.2) is 4.39 Å². The molecule has 2 aromatic rings. The number of hydrogen-bond acceptors (Lipinski definition) is 2. The molecular formula is C11H10F4N2O. The molecule has 0 bridgehead atoms. The molecule has 1 aromatic heterocycles. The van der Waals surface area contributed by atoms with Crippen molar-refractivity contribution in [2.45, 2.75) is 25.7 Å². The number of aliphatic hydroxyl groups is 1. The maximum absolute atomic E-state index is 13.0. The Kier molecular flexibility index (Phi) is 3.02. The second-order valence-electron chi connectivity index (χ2n) is 3.99. The third-order valence-electron chi connectivity index (χ3n) is 2.62. The van der Waals surface area contributed by atoms with Crippen LogP contribution in [0.3, 0.4) is 0 Å². The predicted octanol–water partition coefficient (Wildman–Crippen LogP) is 2.41. The van der Waals surface area contributed by atoms with Crippen LogP contribution in [0.1, 0.15) is 5.69 Å². The zero-order chi connectivity index (χ0) is 13.5. The molecule has 0 amide bonds. The first-order valence-electron chi connectivity index (χ1n) is 5.16. The zero-order valence-electron chi connectivity index (χ0n) is 9.37. The minimum absolute atomic E-state index is 0.359. The van der Waals surface area contributed by atoms with E-state index >= 15 is 0 Å². The van der Waals surface area contributed by atoms with Crippen molar-refractivity contribution in [1.29, 1.82) is 0 Å². The lowest BCUT2D eigenvalue weighted by molar-refractivity contribution is -0.207. The van der Waals surface area contributed by atoms with Gasteiger partial charge in [0.15, 0.2) is 6.10 Å². The summed E-state index contributed by atoms with van der Waals surface area (Å²) in [6.07, 6.45) is -7.20. The van der Waals surface area contributed by atoms with Crippen LogP contribution < -0.4 is 0 Å². The Labute approximate surface area is 99.6 Å². The molecule has 1 atom stereocenters. The van der Waals surface area contributed by atoms with Crippen LogP contribution in [0.4, 0.5) is 17.6 Å². The van der Waals surface area contributed by atoms with Gasteiger partial charge in [-0.1, -0.05) is 0 Å². The fraction of sp³-hybridized carbons (Fsp3) is 0.364. The molecule has 0 saturated carbocycles. The van der Waals surface area contributed by atoms with Crippen LogP contribution in [0.5, 0.6) is 0 Å². The lowest BCUT2D eigenvalue weighted by Crippen LogP contribution is -2.33. The summed E-state index contributed by atoms with van der Waals surface area (Å²) in [5.74, 6) is -0.485. The Hall–Kier alpha value is -1.63. The van der Waals surface area contributed by atoms with Crippen molar-refractivity contribution in [3.8, 4) is 0 Å². The number of rotatable bonds is 2. The Morgan fingerprint density at radius 1 is 1.39 bits per heavy atom. The standard InChI is InChI=1S/C11H10F4N2O/c1-6-8-4-7(12)2-3-9(8)17(16-6)5-10(18)11(13,14)15/h2-4,10,18H,5H2,1H3. The number of aromatic nitrogens is 2. The van der Waals surface area contributed by atoms with E-state index in [1.807, 2.05) is 0 Å². The third-order valence-corrected chi connectivity index (χ3v) is 2.62. The molecule has 98 valence electrons. The van der Waals surface area contributed by atoms with Gasteiger partial charge in [0, 0.05) is 5.39 Å².